The number of phenols is 1. The summed E-state index contributed by atoms with van der Waals surface area (Å²) in [6, 6.07) is 2.00. The van der Waals surface area contributed by atoms with Crippen LogP contribution < -0.4 is 0 Å². The fourth-order valence-electron chi connectivity index (χ4n) is 2.38. The zero-order valence-electron chi connectivity index (χ0n) is 9.46. The number of hydrogen-bond acceptors (Lipinski definition) is 2. The van der Waals surface area contributed by atoms with E-state index in [0.717, 1.165) is 30.4 Å². The van der Waals surface area contributed by atoms with Crippen LogP contribution in [0.15, 0.2) is 6.07 Å². The van der Waals surface area contributed by atoms with Crippen molar-refractivity contribution in [3.63, 3.8) is 0 Å². The normalized spacial score (nSPS) is 16.9. The molecule has 0 fully saturated rings. The Kier molecular flexibility index (Phi) is 3.41. The highest BCUT2D eigenvalue weighted by molar-refractivity contribution is 6.33. The second kappa shape index (κ2) is 4.64. The van der Waals surface area contributed by atoms with Crippen LogP contribution in [0.25, 0.3) is 0 Å². The first kappa shape index (κ1) is 11.7. The Morgan fingerprint density at radius 2 is 2.06 bits per heavy atom. The zero-order valence-corrected chi connectivity index (χ0v) is 10.2. The van der Waals surface area contributed by atoms with E-state index in [2.05, 4.69) is 0 Å². The molecule has 0 radical (unpaired) electrons. The highest BCUT2D eigenvalue weighted by atomic mass is 35.5. The molecular formula is C13H17ClO2. The van der Waals surface area contributed by atoms with Crippen LogP contribution >= 0.6 is 11.6 Å². The minimum atomic E-state index is -0.455. The molecule has 2 rings (SSSR count). The largest absolute Gasteiger partial charge is 0.506 e. The van der Waals surface area contributed by atoms with E-state index in [0.29, 0.717) is 11.4 Å². The summed E-state index contributed by atoms with van der Waals surface area (Å²) >= 11 is 6.17. The number of halogens is 1. The molecule has 0 saturated carbocycles. The maximum absolute atomic E-state index is 9.96. The number of rotatable bonds is 2. The first-order valence-electron chi connectivity index (χ1n) is 5.79. The van der Waals surface area contributed by atoms with Crippen molar-refractivity contribution in [2.45, 2.75) is 45.1 Å². The highest BCUT2D eigenvalue weighted by Crippen LogP contribution is 2.37. The van der Waals surface area contributed by atoms with E-state index in [9.17, 15) is 10.2 Å². The summed E-state index contributed by atoms with van der Waals surface area (Å²) in [6.45, 7) is 1.72. The average Bonchev–Trinajstić information content (AvgIpc) is 2.25. The molecule has 1 unspecified atom stereocenters. The van der Waals surface area contributed by atoms with Gasteiger partial charge >= 0.3 is 0 Å². The van der Waals surface area contributed by atoms with E-state index < -0.39 is 6.10 Å². The Morgan fingerprint density at radius 1 is 1.38 bits per heavy atom. The van der Waals surface area contributed by atoms with Crippen molar-refractivity contribution in [1.29, 1.82) is 0 Å². The van der Waals surface area contributed by atoms with E-state index in [-0.39, 0.29) is 5.75 Å². The maximum atomic E-state index is 9.96. The Labute approximate surface area is 101 Å². The van der Waals surface area contributed by atoms with Gasteiger partial charge in [0.2, 0.25) is 0 Å². The Bertz CT molecular complexity index is 399. The van der Waals surface area contributed by atoms with Crippen molar-refractivity contribution >= 4 is 11.6 Å². The Morgan fingerprint density at radius 3 is 2.75 bits per heavy atom. The van der Waals surface area contributed by atoms with Gasteiger partial charge in [0, 0.05) is 6.42 Å². The summed E-state index contributed by atoms with van der Waals surface area (Å²) in [5.41, 5.74) is 3.10. The Balaban J connectivity index is 2.44. The van der Waals surface area contributed by atoms with Crippen LogP contribution in [0.1, 0.15) is 36.5 Å². The van der Waals surface area contributed by atoms with Crippen molar-refractivity contribution in [3.05, 3.63) is 27.8 Å². The van der Waals surface area contributed by atoms with E-state index in [4.69, 9.17) is 11.6 Å². The van der Waals surface area contributed by atoms with Gasteiger partial charge in [0.05, 0.1) is 11.1 Å². The summed E-state index contributed by atoms with van der Waals surface area (Å²) < 4.78 is 0. The molecule has 1 aliphatic carbocycles. The van der Waals surface area contributed by atoms with Crippen molar-refractivity contribution in [1.82, 2.24) is 0 Å². The van der Waals surface area contributed by atoms with Crippen LogP contribution in [0, 0.1) is 0 Å². The molecule has 0 bridgehead atoms. The number of aromatic hydroxyl groups is 1. The molecule has 1 aromatic carbocycles. The van der Waals surface area contributed by atoms with Gasteiger partial charge in [0.25, 0.3) is 0 Å². The minimum Gasteiger partial charge on any atom is -0.506 e. The number of phenolic OH excluding ortho intramolecular Hbond substituents is 1. The first-order chi connectivity index (χ1) is 7.59. The van der Waals surface area contributed by atoms with E-state index in [1.807, 2.05) is 6.07 Å². The molecule has 1 aliphatic rings. The predicted octanol–water partition coefficient (Wildman–Crippen LogP) is 2.85. The summed E-state index contributed by atoms with van der Waals surface area (Å²) in [4.78, 5) is 0. The Hall–Kier alpha value is -0.730. The van der Waals surface area contributed by atoms with Crippen LogP contribution in [0.5, 0.6) is 5.75 Å². The quantitative estimate of drug-likeness (QED) is 0.835. The molecule has 0 spiro atoms. The number of aliphatic hydroxyl groups is 1. The lowest BCUT2D eigenvalue weighted by atomic mass is 9.89. The molecular weight excluding hydrogens is 224 g/mol. The van der Waals surface area contributed by atoms with E-state index in [1.54, 1.807) is 6.92 Å². The molecule has 88 valence electrons. The summed E-state index contributed by atoms with van der Waals surface area (Å²) in [5, 5.41) is 19.8. The minimum absolute atomic E-state index is 0.156. The zero-order chi connectivity index (χ0) is 11.7. The van der Waals surface area contributed by atoms with Gasteiger partial charge in [-0.1, -0.05) is 17.7 Å². The van der Waals surface area contributed by atoms with Crippen molar-refractivity contribution in [3.8, 4) is 5.75 Å². The predicted molar refractivity (Wildman–Crippen MR) is 65.1 cm³/mol. The molecule has 3 heteroatoms. The maximum Gasteiger partial charge on any atom is 0.137 e. The van der Waals surface area contributed by atoms with Crippen LogP contribution in [-0.4, -0.2) is 16.3 Å². The SMILES string of the molecule is CC(O)Cc1cc2c(c(Cl)c1O)CCCC2. The molecule has 2 N–H and O–H groups in total. The lowest BCUT2D eigenvalue weighted by Crippen LogP contribution is -2.09. The topological polar surface area (TPSA) is 40.5 Å². The van der Waals surface area contributed by atoms with Gasteiger partial charge in [0.15, 0.2) is 0 Å². The number of benzene rings is 1. The third-order valence-electron chi connectivity index (χ3n) is 3.15. The number of aryl methyl sites for hydroxylation is 1. The fourth-order valence-corrected chi connectivity index (χ4v) is 2.71. The van der Waals surface area contributed by atoms with Gasteiger partial charge in [-0.2, -0.15) is 0 Å². The van der Waals surface area contributed by atoms with Gasteiger partial charge in [0.1, 0.15) is 5.75 Å². The van der Waals surface area contributed by atoms with Crippen molar-refractivity contribution in [2.24, 2.45) is 0 Å². The molecule has 2 nitrogen and oxygen atoms in total. The van der Waals surface area contributed by atoms with Gasteiger partial charge in [-0.25, -0.2) is 0 Å². The molecule has 0 aromatic heterocycles. The first-order valence-corrected chi connectivity index (χ1v) is 6.17. The third-order valence-corrected chi connectivity index (χ3v) is 3.56. The second-order valence-corrected chi connectivity index (χ2v) is 4.97. The third kappa shape index (κ3) is 2.18. The molecule has 0 heterocycles. The van der Waals surface area contributed by atoms with Crippen LogP contribution in [0.4, 0.5) is 0 Å². The number of fused-ring (bicyclic) bond motifs is 1. The van der Waals surface area contributed by atoms with Crippen LogP contribution in [0.2, 0.25) is 5.02 Å². The van der Waals surface area contributed by atoms with Crippen molar-refractivity contribution < 1.29 is 10.2 Å². The average molecular weight is 241 g/mol. The van der Waals surface area contributed by atoms with Gasteiger partial charge in [-0.15, -0.1) is 0 Å². The molecule has 0 amide bonds. The molecule has 0 aliphatic heterocycles. The van der Waals surface area contributed by atoms with Crippen LogP contribution in [0.3, 0.4) is 0 Å². The molecule has 1 atom stereocenters. The summed E-state index contributed by atoms with van der Waals surface area (Å²) in [5.74, 6) is 0.156. The number of hydrogen-bond donors (Lipinski definition) is 2. The van der Waals surface area contributed by atoms with Crippen molar-refractivity contribution in [2.75, 3.05) is 0 Å². The van der Waals surface area contributed by atoms with Crippen LogP contribution in [-0.2, 0) is 19.3 Å². The molecule has 16 heavy (non-hydrogen) atoms. The lowest BCUT2D eigenvalue weighted by Gasteiger charge is -2.20. The summed E-state index contributed by atoms with van der Waals surface area (Å²) in [6.07, 6.45) is 4.31. The van der Waals surface area contributed by atoms with E-state index >= 15 is 0 Å². The molecule has 0 saturated heterocycles. The smallest absolute Gasteiger partial charge is 0.137 e. The van der Waals surface area contributed by atoms with Gasteiger partial charge in [-0.05, 0) is 49.3 Å². The monoisotopic (exact) mass is 240 g/mol. The standard InChI is InChI=1S/C13H17ClO2/c1-8(15)6-10-7-9-4-2-3-5-11(9)12(14)13(10)16/h7-8,15-16H,2-6H2,1H3. The highest BCUT2D eigenvalue weighted by Gasteiger charge is 2.19. The van der Waals surface area contributed by atoms with E-state index in [1.165, 1.54) is 12.0 Å². The van der Waals surface area contributed by atoms with Gasteiger partial charge in [-0.3, -0.25) is 0 Å². The number of aliphatic hydroxyl groups excluding tert-OH is 1. The second-order valence-electron chi connectivity index (χ2n) is 4.60. The fraction of sp³-hybridized carbons (Fsp3) is 0.538. The van der Waals surface area contributed by atoms with Gasteiger partial charge < -0.3 is 10.2 Å². The summed E-state index contributed by atoms with van der Waals surface area (Å²) in [7, 11) is 0. The lowest BCUT2D eigenvalue weighted by molar-refractivity contribution is 0.194. The molecule has 1 aromatic rings.